The van der Waals surface area contributed by atoms with Gasteiger partial charge in [-0.2, -0.15) is 0 Å². The van der Waals surface area contributed by atoms with Gasteiger partial charge in [-0.25, -0.2) is 0 Å². The Kier molecular flexibility index (Phi) is 1.81. The van der Waals surface area contributed by atoms with Crippen molar-refractivity contribution in [3.63, 3.8) is 0 Å². The van der Waals surface area contributed by atoms with Crippen LogP contribution in [0.4, 0.5) is 0 Å². The lowest BCUT2D eigenvalue weighted by Crippen LogP contribution is -2.01. The quantitative estimate of drug-likeness (QED) is 0.687. The average Bonchev–Trinajstić information content (AvgIpc) is 2.75. The second-order valence-corrected chi connectivity index (χ2v) is 4.00. The molecule has 1 aromatic carbocycles. The minimum atomic E-state index is 0.257. The fourth-order valence-corrected chi connectivity index (χ4v) is 1.69. The molecule has 13 heavy (non-hydrogen) atoms. The molecule has 2 rings (SSSR count). The van der Waals surface area contributed by atoms with Crippen LogP contribution in [0.15, 0.2) is 12.1 Å². The minimum absolute atomic E-state index is 0.257. The van der Waals surface area contributed by atoms with E-state index in [4.69, 9.17) is 5.73 Å². The molecule has 1 aromatic rings. The van der Waals surface area contributed by atoms with Crippen LogP contribution in [-0.2, 0) is 0 Å². The molecule has 0 bridgehead atoms. The van der Waals surface area contributed by atoms with Gasteiger partial charge in [0.05, 0.1) is 0 Å². The van der Waals surface area contributed by atoms with E-state index in [1.807, 2.05) is 13.0 Å². The summed E-state index contributed by atoms with van der Waals surface area (Å²) in [4.78, 5) is 0. The van der Waals surface area contributed by atoms with Crippen LogP contribution in [0, 0.1) is 13.8 Å². The summed E-state index contributed by atoms with van der Waals surface area (Å²) in [6.07, 6.45) is 1.01. The number of aromatic hydroxyl groups is 1. The van der Waals surface area contributed by atoms with Gasteiger partial charge in [-0.1, -0.05) is 6.07 Å². The molecule has 0 radical (unpaired) electrons. The lowest BCUT2D eigenvalue weighted by molar-refractivity contribution is 0.467. The van der Waals surface area contributed by atoms with Crippen molar-refractivity contribution in [2.75, 3.05) is 0 Å². The molecule has 70 valence electrons. The zero-order chi connectivity index (χ0) is 9.59. The maximum absolute atomic E-state index is 9.69. The summed E-state index contributed by atoms with van der Waals surface area (Å²) in [7, 11) is 0. The molecule has 2 heteroatoms. The van der Waals surface area contributed by atoms with Crippen LogP contribution in [-0.4, -0.2) is 11.1 Å². The van der Waals surface area contributed by atoms with E-state index < -0.39 is 0 Å². The Balaban J connectivity index is 2.41. The molecule has 0 aromatic heterocycles. The lowest BCUT2D eigenvalue weighted by atomic mass is 10.0. The van der Waals surface area contributed by atoms with Crippen LogP contribution >= 0.6 is 0 Å². The smallest absolute Gasteiger partial charge is 0.119 e. The van der Waals surface area contributed by atoms with E-state index >= 15 is 0 Å². The van der Waals surface area contributed by atoms with Gasteiger partial charge in [0.2, 0.25) is 0 Å². The summed E-state index contributed by atoms with van der Waals surface area (Å²) < 4.78 is 0. The summed E-state index contributed by atoms with van der Waals surface area (Å²) in [6, 6.07) is 4.14. The number of benzene rings is 1. The number of hydrogen-bond acceptors (Lipinski definition) is 2. The standard InChI is InChI=1S/C11H15NO/c1-6-3-9(8-5-10(8)12)11(13)4-7(6)2/h3-4,8,10,13H,5,12H2,1-2H3. The van der Waals surface area contributed by atoms with Crippen molar-refractivity contribution in [2.45, 2.75) is 32.2 Å². The van der Waals surface area contributed by atoms with E-state index in [9.17, 15) is 5.11 Å². The monoisotopic (exact) mass is 177 g/mol. The maximum Gasteiger partial charge on any atom is 0.119 e. The Morgan fingerprint density at radius 3 is 2.38 bits per heavy atom. The van der Waals surface area contributed by atoms with Crippen LogP contribution in [0.3, 0.4) is 0 Å². The van der Waals surface area contributed by atoms with Crippen molar-refractivity contribution in [1.82, 2.24) is 0 Å². The van der Waals surface area contributed by atoms with Crippen molar-refractivity contribution >= 4 is 0 Å². The third-order valence-corrected chi connectivity index (χ3v) is 2.88. The van der Waals surface area contributed by atoms with Crippen LogP contribution in [0.25, 0.3) is 0 Å². The van der Waals surface area contributed by atoms with Gasteiger partial charge in [-0.3, -0.25) is 0 Å². The van der Waals surface area contributed by atoms with E-state index in [0.717, 1.165) is 17.5 Å². The second-order valence-electron chi connectivity index (χ2n) is 4.00. The first kappa shape index (κ1) is 8.57. The molecular formula is C11H15NO. The Morgan fingerprint density at radius 2 is 1.85 bits per heavy atom. The fourth-order valence-electron chi connectivity index (χ4n) is 1.69. The Morgan fingerprint density at radius 1 is 1.31 bits per heavy atom. The Labute approximate surface area is 78.4 Å². The maximum atomic E-state index is 9.69. The predicted molar refractivity (Wildman–Crippen MR) is 52.9 cm³/mol. The SMILES string of the molecule is Cc1cc(O)c(C2CC2N)cc1C. The molecular weight excluding hydrogens is 162 g/mol. The van der Waals surface area contributed by atoms with Crippen LogP contribution in [0.2, 0.25) is 0 Å². The van der Waals surface area contributed by atoms with E-state index in [-0.39, 0.29) is 6.04 Å². The number of hydrogen-bond donors (Lipinski definition) is 2. The van der Waals surface area contributed by atoms with Gasteiger partial charge in [0.1, 0.15) is 5.75 Å². The lowest BCUT2D eigenvalue weighted by Gasteiger charge is -2.07. The van der Waals surface area contributed by atoms with Gasteiger partial charge in [-0.05, 0) is 43.0 Å². The second kappa shape index (κ2) is 2.74. The van der Waals surface area contributed by atoms with Crippen molar-refractivity contribution in [2.24, 2.45) is 5.73 Å². The number of rotatable bonds is 1. The topological polar surface area (TPSA) is 46.2 Å². The van der Waals surface area contributed by atoms with Crippen molar-refractivity contribution in [3.05, 3.63) is 28.8 Å². The average molecular weight is 177 g/mol. The highest BCUT2D eigenvalue weighted by molar-refractivity contribution is 5.45. The summed E-state index contributed by atoms with van der Waals surface area (Å²) in [6.45, 7) is 4.07. The summed E-state index contributed by atoms with van der Waals surface area (Å²) >= 11 is 0. The van der Waals surface area contributed by atoms with Gasteiger partial charge in [-0.15, -0.1) is 0 Å². The molecule has 1 fully saturated rings. The van der Waals surface area contributed by atoms with Crippen molar-refractivity contribution in [3.8, 4) is 5.75 Å². The van der Waals surface area contributed by atoms with Gasteiger partial charge in [0.25, 0.3) is 0 Å². The van der Waals surface area contributed by atoms with E-state index in [2.05, 4.69) is 13.0 Å². The number of aryl methyl sites for hydroxylation is 2. The van der Waals surface area contributed by atoms with Gasteiger partial charge < -0.3 is 10.8 Å². The Bertz CT molecular complexity index is 346. The Hall–Kier alpha value is -1.02. The molecule has 1 aliphatic rings. The largest absolute Gasteiger partial charge is 0.508 e. The third kappa shape index (κ3) is 1.42. The fraction of sp³-hybridized carbons (Fsp3) is 0.455. The zero-order valence-corrected chi connectivity index (χ0v) is 8.04. The molecule has 0 spiro atoms. The van der Waals surface area contributed by atoms with E-state index in [0.29, 0.717) is 11.7 Å². The zero-order valence-electron chi connectivity index (χ0n) is 8.04. The van der Waals surface area contributed by atoms with Crippen molar-refractivity contribution < 1.29 is 5.11 Å². The molecule has 0 aliphatic heterocycles. The van der Waals surface area contributed by atoms with Gasteiger partial charge in [0, 0.05) is 12.0 Å². The first-order valence-electron chi connectivity index (χ1n) is 4.65. The summed E-state index contributed by atoms with van der Waals surface area (Å²) in [5.74, 6) is 0.792. The van der Waals surface area contributed by atoms with E-state index in [1.54, 1.807) is 0 Å². The molecule has 0 saturated heterocycles. The molecule has 1 saturated carbocycles. The minimum Gasteiger partial charge on any atom is -0.508 e. The third-order valence-electron chi connectivity index (χ3n) is 2.88. The molecule has 2 unspecified atom stereocenters. The molecule has 0 heterocycles. The van der Waals surface area contributed by atoms with Gasteiger partial charge in [0.15, 0.2) is 0 Å². The highest BCUT2D eigenvalue weighted by Crippen LogP contribution is 2.43. The highest BCUT2D eigenvalue weighted by Gasteiger charge is 2.36. The first-order chi connectivity index (χ1) is 6.09. The summed E-state index contributed by atoms with van der Waals surface area (Å²) in [5, 5.41) is 9.69. The van der Waals surface area contributed by atoms with Crippen LogP contribution < -0.4 is 5.73 Å². The number of phenols is 1. The molecule has 2 nitrogen and oxygen atoms in total. The van der Waals surface area contributed by atoms with Crippen LogP contribution in [0.1, 0.15) is 29.0 Å². The molecule has 2 atom stereocenters. The summed E-state index contributed by atoms with van der Waals surface area (Å²) in [5.41, 5.74) is 9.13. The van der Waals surface area contributed by atoms with E-state index in [1.165, 1.54) is 5.56 Å². The molecule has 1 aliphatic carbocycles. The normalized spacial score (nSPS) is 26.1. The number of phenolic OH excluding ortho intramolecular Hbond substituents is 1. The van der Waals surface area contributed by atoms with Gasteiger partial charge >= 0.3 is 0 Å². The highest BCUT2D eigenvalue weighted by atomic mass is 16.3. The predicted octanol–water partition coefficient (Wildman–Crippen LogP) is 1.82. The van der Waals surface area contributed by atoms with Crippen LogP contribution in [0.5, 0.6) is 5.75 Å². The molecule has 0 amide bonds. The van der Waals surface area contributed by atoms with Crippen molar-refractivity contribution in [1.29, 1.82) is 0 Å². The molecule has 3 N–H and O–H groups in total. The number of nitrogens with two attached hydrogens (primary N) is 1. The first-order valence-corrected chi connectivity index (χ1v) is 4.65.